The fourth-order valence-electron chi connectivity index (χ4n) is 3.18. The first-order valence-corrected chi connectivity index (χ1v) is 9.04. The van der Waals surface area contributed by atoms with Gasteiger partial charge >= 0.3 is 5.69 Å². The van der Waals surface area contributed by atoms with Crippen LogP contribution in [0.3, 0.4) is 0 Å². The van der Waals surface area contributed by atoms with Crippen LogP contribution in [0.1, 0.15) is 5.56 Å². The second-order valence-electron chi connectivity index (χ2n) is 6.53. The largest absolute Gasteiger partial charge is 0.378 e. The lowest BCUT2D eigenvalue weighted by Gasteiger charge is -2.29. The van der Waals surface area contributed by atoms with Gasteiger partial charge in [-0.05, 0) is 29.8 Å². The summed E-state index contributed by atoms with van der Waals surface area (Å²) in [6, 6.07) is 10.1. The number of aromatic nitrogens is 3. The van der Waals surface area contributed by atoms with Crippen LogP contribution in [0.2, 0.25) is 0 Å². The lowest BCUT2D eigenvalue weighted by Crippen LogP contribution is -2.36. The highest BCUT2D eigenvalue weighted by molar-refractivity contribution is 5.75. The molecule has 0 saturated carbocycles. The predicted octanol–water partition coefficient (Wildman–Crippen LogP) is 0.788. The number of hydrogen-bond donors (Lipinski definition) is 1. The molecule has 0 bridgehead atoms. The molecule has 9 heteroatoms. The normalized spacial score (nSPS) is 14.4. The fraction of sp³-hybridized carbons (Fsp3) is 0.316. The molecule has 0 aliphatic carbocycles. The van der Waals surface area contributed by atoms with Crippen LogP contribution in [-0.4, -0.2) is 46.4 Å². The van der Waals surface area contributed by atoms with Gasteiger partial charge in [0.25, 0.3) is 0 Å². The number of nitrogens with zero attached hydrogens (tertiary/aromatic N) is 4. The number of carbonyl (C=O) groups is 1. The standard InChI is InChI=1S/C19H20FN5O3/c20-15-11-14(4-5-16(15)23-7-9-28-10-8-23)12-21-18(26)13-25-19(27)24-6-2-1-3-17(24)22-25/h1-6,11H,7-10,12-13H2,(H,21,26). The molecular weight excluding hydrogens is 365 g/mol. The molecule has 146 valence electrons. The molecular formula is C19H20FN5O3. The van der Waals surface area contributed by atoms with E-state index < -0.39 is 0 Å². The van der Waals surface area contributed by atoms with Crippen molar-refractivity contribution in [2.24, 2.45) is 0 Å². The Labute approximate surface area is 160 Å². The van der Waals surface area contributed by atoms with E-state index in [-0.39, 0.29) is 30.5 Å². The van der Waals surface area contributed by atoms with Crippen LogP contribution >= 0.6 is 0 Å². The molecule has 0 unspecified atom stereocenters. The minimum absolute atomic E-state index is 0.168. The van der Waals surface area contributed by atoms with Crippen molar-refractivity contribution < 1.29 is 13.9 Å². The number of benzene rings is 1. The molecule has 1 aromatic carbocycles. The van der Waals surface area contributed by atoms with Crippen LogP contribution in [-0.2, 0) is 22.6 Å². The van der Waals surface area contributed by atoms with Crippen molar-refractivity contribution in [2.45, 2.75) is 13.1 Å². The Balaban J connectivity index is 1.38. The number of ether oxygens (including phenoxy) is 1. The lowest BCUT2D eigenvalue weighted by molar-refractivity contribution is -0.122. The summed E-state index contributed by atoms with van der Waals surface area (Å²) in [6.45, 7) is 2.44. The Morgan fingerprint density at radius 3 is 2.79 bits per heavy atom. The van der Waals surface area contributed by atoms with Gasteiger partial charge in [0, 0.05) is 25.8 Å². The zero-order valence-corrected chi connectivity index (χ0v) is 15.2. The first-order valence-electron chi connectivity index (χ1n) is 9.04. The van der Waals surface area contributed by atoms with E-state index in [0.29, 0.717) is 43.2 Å². The van der Waals surface area contributed by atoms with E-state index in [4.69, 9.17) is 4.74 Å². The third-order valence-corrected chi connectivity index (χ3v) is 4.64. The summed E-state index contributed by atoms with van der Waals surface area (Å²) in [7, 11) is 0. The summed E-state index contributed by atoms with van der Waals surface area (Å²) in [5, 5.41) is 6.81. The summed E-state index contributed by atoms with van der Waals surface area (Å²) in [5.41, 5.74) is 1.27. The van der Waals surface area contributed by atoms with Crippen molar-refractivity contribution in [1.29, 1.82) is 0 Å². The molecule has 1 aliphatic rings. The number of nitrogens with one attached hydrogen (secondary N) is 1. The fourth-order valence-corrected chi connectivity index (χ4v) is 3.18. The minimum Gasteiger partial charge on any atom is -0.378 e. The number of carbonyl (C=O) groups excluding carboxylic acids is 1. The number of hydrogen-bond acceptors (Lipinski definition) is 5. The number of anilines is 1. The molecule has 28 heavy (non-hydrogen) atoms. The molecule has 0 radical (unpaired) electrons. The van der Waals surface area contributed by atoms with Crippen LogP contribution in [0.4, 0.5) is 10.1 Å². The summed E-state index contributed by atoms with van der Waals surface area (Å²) >= 11 is 0. The van der Waals surface area contributed by atoms with E-state index in [0.717, 1.165) is 4.68 Å². The van der Waals surface area contributed by atoms with Gasteiger partial charge in [0.2, 0.25) is 5.91 Å². The SMILES string of the molecule is O=C(Cn1nc2ccccn2c1=O)NCc1ccc(N2CCOCC2)c(F)c1. The quantitative estimate of drug-likeness (QED) is 0.702. The van der Waals surface area contributed by atoms with Crippen LogP contribution in [0.15, 0.2) is 47.4 Å². The van der Waals surface area contributed by atoms with E-state index in [2.05, 4.69) is 10.4 Å². The summed E-state index contributed by atoms with van der Waals surface area (Å²) in [4.78, 5) is 26.3. The first kappa shape index (κ1) is 18.2. The molecule has 1 aliphatic heterocycles. The second-order valence-corrected chi connectivity index (χ2v) is 6.53. The predicted molar refractivity (Wildman–Crippen MR) is 101 cm³/mol. The molecule has 2 aromatic heterocycles. The Kier molecular flexibility index (Phi) is 5.07. The zero-order valence-electron chi connectivity index (χ0n) is 15.2. The number of morpholine rings is 1. The Bertz CT molecular complexity index is 1060. The van der Waals surface area contributed by atoms with Gasteiger partial charge in [-0.3, -0.25) is 9.20 Å². The van der Waals surface area contributed by atoms with Crippen LogP contribution < -0.4 is 15.9 Å². The minimum atomic E-state index is -0.383. The molecule has 8 nitrogen and oxygen atoms in total. The molecule has 0 spiro atoms. The summed E-state index contributed by atoms with van der Waals surface area (Å²) < 4.78 is 22.2. The monoisotopic (exact) mass is 385 g/mol. The number of pyridine rings is 1. The average molecular weight is 385 g/mol. The van der Waals surface area contributed by atoms with Gasteiger partial charge in [0.05, 0.1) is 18.9 Å². The molecule has 4 rings (SSSR count). The number of fused-ring (bicyclic) bond motifs is 1. The van der Waals surface area contributed by atoms with E-state index in [1.807, 2.05) is 4.90 Å². The van der Waals surface area contributed by atoms with Gasteiger partial charge in [-0.25, -0.2) is 13.9 Å². The number of rotatable bonds is 5. The number of halogens is 1. The summed E-state index contributed by atoms with van der Waals surface area (Å²) in [5.74, 6) is -0.701. The second kappa shape index (κ2) is 7.81. The van der Waals surface area contributed by atoms with E-state index in [1.54, 1.807) is 36.5 Å². The van der Waals surface area contributed by atoms with Gasteiger partial charge in [-0.2, -0.15) is 0 Å². The lowest BCUT2D eigenvalue weighted by atomic mass is 10.1. The van der Waals surface area contributed by atoms with Crippen molar-refractivity contribution in [3.8, 4) is 0 Å². The Hall–Kier alpha value is -3.20. The maximum absolute atomic E-state index is 14.4. The van der Waals surface area contributed by atoms with Crippen LogP contribution in [0.5, 0.6) is 0 Å². The van der Waals surface area contributed by atoms with E-state index >= 15 is 0 Å². The smallest absolute Gasteiger partial charge is 0.350 e. The summed E-state index contributed by atoms with van der Waals surface area (Å²) in [6.07, 6.45) is 1.60. The number of amides is 1. The van der Waals surface area contributed by atoms with Crippen LogP contribution in [0.25, 0.3) is 5.65 Å². The highest BCUT2D eigenvalue weighted by Gasteiger charge is 2.16. The molecule has 3 heterocycles. The van der Waals surface area contributed by atoms with E-state index in [9.17, 15) is 14.0 Å². The van der Waals surface area contributed by atoms with Crippen molar-refractivity contribution in [3.05, 3.63) is 64.5 Å². The van der Waals surface area contributed by atoms with Gasteiger partial charge in [0.1, 0.15) is 12.4 Å². The third kappa shape index (κ3) is 3.74. The van der Waals surface area contributed by atoms with Gasteiger partial charge in [-0.15, -0.1) is 5.10 Å². The van der Waals surface area contributed by atoms with Crippen molar-refractivity contribution in [1.82, 2.24) is 19.5 Å². The average Bonchev–Trinajstić information content (AvgIpc) is 3.03. The highest BCUT2D eigenvalue weighted by Crippen LogP contribution is 2.21. The third-order valence-electron chi connectivity index (χ3n) is 4.64. The van der Waals surface area contributed by atoms with Gasteiger partial charge in [-0.1, -0.05) is 12.1 Å². The van der Waals surface area contributed by atoms with Crippen LogP contribution in [0, 0.1) is 5.82 Å². The zero-order chi connectivity index (χ0) is 19.5. The van der Waals surface area contributed by atoms with Crippen molar-refractivity contribution >= 4 is 17.2 Å². The topological polar surface area (TPSA) is 80.9 Å². The Morgan fingerprint density at radius 1 is 1.21 bits per heavy atom. The maximum atomic E-state index is 14.4. The van der Waals surface area contributed by atoms with Crippen molar-refractivity contribution in [3.63, 3.8) is 0 Å². The molecule has 1 N–H and O–H groups in total. The van der Waals surface area contributed by atoms with Crippen molar-refractivity contribution in [2.75, 3.05) is 31.2 Å². The molecule has 1 saturated heterocycles. The van der Waals surface area contributed by atoms with E-state index in [1.165, 1.54) is 10.5 Å². The highest BCUT2D eigenvalue weighted by atomic mass is 19.1. The Morgan fingerprint density at radius 2 is 2.04 bits per heavy atom. The van der Waals surface area contributed by atoms with Gasteiger partial charge in [0.15, 0.2) is 5.65 Å². The molecule has 3 aromatic rings. The molecule has 1 amide bonds. The maximum Gasteiger partial charge on any atom is 0.350 e. The molecule has 0 atom stereocenters. The first-order chi connectivity index (χ1) is 13.6. The molecule has 1 fully saturated rings. The van der Waals surface area contributed by atoms with Gasteiger partial charge < -0.3 is 15.0 Å².